The van der Waals surface area contributed by atoms with Gasteiger partial charge in [-0.25, -0.2) is 4.99 Å². The third-order valence-corrected chi connectivity index (χ3v) is 4.82. The van der Waals surface area contributed by atoms with Gasteiger partial charge < -0.3 is 19.7 Å². The van der Waals surface area contributed by atoms with E-state index in [1.165, 1.54) is 19.2 Å². The number of benzene rings is 1. The molecular formula is C20H26F3N5O2. The summed E-state index contributed by atoms with van der Waals surface area (Å²) in [5, 5.41) is 7.35. The van der Waals surface area contributed by atoms with Gasteiger partial charge in [0.25, 0.3) is 0 Å². The summed E-state index contributed by atoms with van der Waals surface area (Å²) < 4.78 is 52.9. The quantitative estimate of drug-likeness (QED) is 0.590. The Bertz CT molecular complexity index is 882. The molecule has 1 aliphatic heterocycles. The zero-order valence-corrected chi connectivity index (χ0v) is 17.2. The summed E-state index contributed by atoms with van der Waals surface area (Å²) in [7, 11) is 3.18. The van der Waals surface area contributed by atoms with E-state index in [-0.39, 0.29) is 24.0 Å². The maximum Gasteiger partial charge on any atom is 0.416 e. The molecule has 1 fully saturated rings. The first-order valence-corrected chi connectivity index (χ1v) is 9.69. The Kier molecular flexibility index (Phi) is 6.86. The van der Waals surface area contributed by atoms with Crippen molar-refractivity contribution in [3.8, 4) is 5.75 Å². The highest BCUT2D eigenvalue weighted by atomic mass is 19.4. The molecule has 3 rings (SSSR count). The first-order valence-electron chi connectivity index (χ1n) is 9.69. The minimum Gasteiger partial charge on any atom is -0.497 e. The minimum atomic E-state index is -4.48. The van der Waals surface area contributed by atoms with Crippen molar-refractivity contribution >= 4 is 5.96 Å². The fourth-order valence-electron chi connectivity index (χ4n) is 3.32. The van der Waals surface area contributed by atoms with E-state index in [2.05, 4.69) is 15.4 Å². The molecule has 1 aliphatic rings. The molecule has 1 N–H and O–H groups in total. The Labute approximate surface area is 173 Å². The highest BCUT2D eigenvalue weighted by Gasteiger charge is 2.34. The van der Waals surface area contributed by atoms with Crippen molar-refractivity contribution < 1.29 is 22.6 Å². The van der Waals surface area contributed by atoms with E-state index in [0.29, 0.717) is 32.2 Å². The average Bonchev–Trinajstić information content (AvgIpc) is 3.17. The number of nitrogens with one attached hydrogen (secondary N) is 1. The van der Waals surface area contributed by atoms with Crippen molar-refractivity contribution in [2.75, 3.05) is 33.4 Å². The number of guanidine groups is 1. The molecule has 30 heavy (non-hydrogen) atoms. The normalized spacial score (nSPS) is 17.9. The van der Waals surface area contributed by atoms with E-state index in [0.717, 1.165) is 11.6 Å². The SMILES string of the molecule is CCNC(=NCc1ccc(OC)cc1C(F)(F)F)N1CCOC(c2cnn(C)c2)C1. The number of nitrogens with zero attached hydrogens (tertiary/aromatic N) is 4. The fraction of sp³-hybridized carbons (Fsp3) is 0.500. The van der Waals surface area contributed by atoms with E-state index in [1.54, 1.807) is 10.9 Å². The van der Waals surface area contributed by atoms with E-state index in [1.807, 2.05) is 25.1 Å². The largest absolute Gasteiger partial charge is 0.497 e. The van der Waals surface area contributed by atoms with Crippen molar-refractivity contribution in [1.29, 1.82) is 0 Å². The second kappa shape index (κ2) is 9.38. The van der Waals surface area contributed by atoms with Gasteiger partial charge in [-0.1, -0.05) is 6.07 Å². The first kappa shape index (κ1) is 21.9. The molecule has 7 nitrogen and oxygen atoms in total. The van der Waals surface area contributed by atoms with E-state index < -0.39 is 11.7 Å². The molecule has 0 spiro atoms. The fourth-order valence-corrected chi connectivity index (χ4v) is 3.32. The van der Waals surface area contributed by atoms with E-state index in [9.17, 15) is 13.2 Å². The van der Waals surface area contributed by atoms with Crippen molar-refractivity contribution in [2.24, 2.45) is 12.0 Å². The predicted octanol–water partition coefficient (Wildman–Crippen LogP) is 2.99. The van der Waals surface area contributed by atoms with E-state index in [4.69, 9.17) is 9.47 Å². The van der Waals surface area contributed by atoms with Gasteiger partial charge in [0.05, 0.1) is 38.6 Å². The third-order valence-electron chi connectivity index (χ3n) is 4.82. The summed E-state index contributed by atoms with van der Waals surface area (Å²) in [6.07, 6.45) is -1.01. The van der Waals surface area contributed by atoms with Gasteiger partial charge in [-0.2, -0.15) is 18.3 Å². The summed E-state index contributed by atoms with van der Waals surface area (Å²) in [6.45, 7) is 4.03. The van der Waals surface area contributed by atoms with Crippen LogP contribution in [0.5, 0.6) is 5.75 Å². The lowest BCUT2D eigenvalue weighted by Crippen LogP contribution is -2.48. The maximum absolute atomic E-state index is 13.5. The Morgan fingerprint density at radius 1 is 1.40 bits per heavy atom. The molecule has 1 aromatic carbocycles. The van der Waals surface area contributed by atoms with Gasteiger partial charge in [-0.3, -0.25) is 4.68 Å². The zero-order chi connectivity index (χ0) is 21.7. The second-order valence-electron chi connectivity index (χ2n) is 6.94. The van der Waals surface area contributed by atoms with Crippen LogP contribution in [-0.4, -0.2) is 54.0 Å². The molecule has 0 radical (unpaired) electrons. The molecule has 0 amide bonds. The van der Waals surface area contributed by atoms with E-state index >= 15 is 0 Å². The number of aliphatic imine (C=N–C) groups is 1. The van der Waals surface area contributed by atoms with Crippen LogP contribution in [0.3, 0.4) is 0 Å². The van der Waals surface area contributed by atoms with Crippen LogP contribution in [0, 0.1) is 0 Å². The average molecular weight is 425 g/mol. The summed E-state index contributed by atoms with van der Waals surface area (Å²) in [4.78, 5) is 6.49. The van der Waals surface area contributed by atoms with Crippen molar-refractivity contribution in [1.82, 2.24) is 20.0 Å². The number of morpholine rings is 1. The number of hydrogen-bond donors (Lipinski definition) is 1. The number of rotatable bonds is 5. The molecule has 1 unspecified atom stereocenters. The third kappa shape index (κ3) is 5.24. The molecule has 164 valence electrons. The zero-order valence-electron chi connectivity index (χ0n) is 17.2. The van der Waals surface area contributed by atoms with Crippen LogP contribution < -0.4 is 10.1 Å². The number of alkyl halides is 3. The summed E-state index contributed by atoms with van der Waals surface area (Å²) in [5.41, 5.74) is 0.306. The molecule has 2 heterocycles. The Morgan fingerprint density at radius 2 is 2.20 bits per heavy atom. The molecule has 0 saturated carbocycles. The summed E-state index contributed by atoms with van der Waals surface area (Å²) in [5.74, 6) is 0.716. The van der Waals surface area contributed by atoms with Crippen molar-refractivity contribution in [2.45, 2.75) is 25.7 Å². The Morgan fingerprint density at radius 3 is 2.83 bits per heavy atom. The minimum absolute atomic E-state index is 0.0933. The van der Waals surface area contributed by atoms with Crippen molar-refractivity contribution in [3.05, 3.63) is 47.3 Å². The highest BCUT2D eigenvalue weighted by molar-refractivity contribution is 5.80. The van der Waals surface area contributed by atoms with Crippen LogP contribution in [-0.2, 0) is 24.5 Å². The number of halogens is 3. The number of methoxy groups -OCH3 is 1. The number of aromatic nitrogens is 2. The molecule has 1 atom stereocenters. The van der Waals surface area contributed by atoms with Gasteiger partial charge in [0, 0.05) is 31.9 Å². The molecule has 1 saturated heterocycles. The highest BCUT2D eigenvalue weighted by Crippen LogP contribution is 2.34. The van der Waals surface area contributed by atoms with Crippen LogP contribution >= 0.6 is 0 Å². The van der Waals surface area contributed by atoms with Gasteiger partial charge in [0.15, 0.2) is 5.96 Å². The lowest BCUT2D eigenvalue weighted by atomic mass is 10.1. The van der Waals surface area contributed by atoms with Crippen LogP contribution in [0.15, 0.2) is 35.6 Å². The predicted molar refractivity (Wildman–Crippen MR) is 106 cm³/mol. The lowest BCUT2D eigenvalue weighted by Gasteiger charge is -2.34. The Balaban J connectivity index is 1.81. The molecular weight excluding hydrogens is 399 g/mol. The van der Waals surface area contributed by atoms with Crippen LogP contribution in [0.1, 0.15) is 29.7 Å². The Hall–Kier alpha value is -2.75. The second-order valence-corrected chi connectivity index (χ2v) is 6.94. The van der Waals surface area contributed by atoms with Crippen LogP contribution in [0.2, 0.25) is 0 Å². The molecule has 10 heteroatoms. The first-order chi connectivity index (χ1) is 14.3. The van der Waals surface area contributed by atoms with Gasteiger partial charge in [-0.15, -0.1) is 0 Å². The van der Waals surface area contributed by atoms with Gasteiger partial charge in [-0.05, 0) is 24.6 Å². The number of aryl methyl sites for hydroxylation is 1. The molecule has 0 bridgehead atoms. The van der Waals surface area contributed by atoms with Crippen LogP contribution in [0.25, 0.3) is 0 Å². The number of ether oxygens (including phenoxy) is 2. The topological polar surface area (TPSA) is 63.9 Å². The smallest absolute Gasteiger partial charge is 0.416 e. The number of hydrogen-bond acceptors (Lipinski definition) is 4. The van der Waals surface area contributed by atoms with Gasteiger partial charge >= 0.3 is 6.18 Å². The van der Waals surface area contributed by atoms with Crippen LogP contribution in [0.4, 0.5) is 13.2 Å². The van der Waals surface area contributed by atoms with Gasteiger partial charge in [0.1, 0.15) is 11.9 Å². The molecule has 0 aliphatic carbocycles. The summed E-state index contributed by atoms with van der Waals surface area (Å²) in [6, 6.07) is 3.93. The van der Waals surface area contributed by atoms with Gasteiger partial charge in [0.2, 0.25) is 0 Å². The lowest BCUT2D eigenvalue weighted by molar-refractivity contribution is -0.138. The molecule has 2 aromatic rings. The molecule has 1 aromatic heterocycles. The van der Waals surface area contributed by atoms with Crippen molar-refractivity contribution in [3.63, 3.8) is 0 Å². The standard InChI is InChI=1S/C20H26F3N5O2/c1-4-24-19(28-7-8-30-18(13-28)15-11-26-27(2)12-15)25-10-14-5-6-16(29-3)9-17(14)20(21,22)23/h5-6,9,11-12,18H,4,7-8,10,13H2,1-3H3,(H,24,25). The monoisotopic (exact) mass is 425 g/mol. The maximum atomic E-state index is 13.5. The summed E-state index contributed by atoms with van der Waals surface area (Å²) >= 11 is 0.